The molecule has 96 valence electrons. The van der Waals surface area contributed by atoms with Gasteiger partial charge >= 0.3 is 0 Å². The van der Waals surface area contributed by atoms with Crippen LogP contribution in [0.5, 0.6) is 0 Å². The fourth-order valence-electron chi connectivity index (χ4n) is 1.61. The molecule has 0 amide bonds. The number of nitrogens with zero attached hydrogens (tertiary/aromatic N) is 2. The summed E-state index contributed by atoms with van der Waals surface area (Å²) in [6.07, 6.45) is 1.74. The van der Waals surface area contributed by atoms with Crippen molar-refractivity contribution in [3.05, 3.63) is 30.2 Å². The lowest BCUT2D eigenvalue weighted by Crippen LogP contribution is -2.05. The van der Waals surface area contributed by atoms with Gasteiger partial charge in [-0.05, 0) is 25.5 Å². The number of rotatable bonds is 5. The zero-order valence-corrected chi connectivity index (χ0v) is 10.6. The van der Waals surface area contributed by atoms with E-state index in [9.17, 15) is 0 Å². The normalized spacial score (nSPS) is 12.6. The summed E-state index contributed by atoms with van der Waals surface area (Å²) in [5.74, 6) is 1.14. The third kappa shape index (κ3) is 2.87. The quantitative estimate of drug-likeness (QED) is 0.820. The van der Waals surface area contributed by atoms with E-state index in [1.807, 2.05) is 31.2 Å². The Balaban J connectivity index is 2.09. The van der Waals surface area contributed by atoms with Crippen molar-refractivity contribution in [2.24, 2.45) is 0 Å². The second-order valence-corrected chi connectivity index (χ2v) is 4.18. The molecule has 0 spiro atoms. The number of nitrogen functional groups attached to an aromatic ring is 1. The van der Waals surface area contributed by atoms with E-state index in [-0.39, 0.29) is 6.10 Å². The van der Waals surface area contributed by atoms with Crippen LogP contribution in [0.25, 0.3) is 11.4 Å². The lowest BCUT2D eigenvalue weighted by molar-refractivity contribution is 0.109. The van der Waals surface area contributed by atoms with Crippen LogP contribution in [0.15, 0.2) is 28.8 Å². The Labute approximate surface area is 106 Å². The molecule has 1 atom stereocenters. The zero-order valence-electron chi connectivity index (χ0n) is 10.6. The van der Waals surface area contributed by atoms with Gasteiger partial charge in [0.15, 0.2) is 0 Å². The number of anilines is 1. The van der Waals surface area contributed by atoms with Gasteiger partial charge in [0.05, 0.1) is 6.10 Å². The van der Waals surface area contributed by atoms with Crippen molar-refractivity contribution in [2.75, 3.05) is 12.8 Å². The summed E-state index contributed by atoms with van der Waals surface area (Å²) in [7, 11) is 1.69. The van der Waals surface area contributed by atoms with Crippen molar-refractivity contribution < 1.29 is 9.26 Å². The summed E-state index contributed by atoms with van der Waals surface area (Å²) in [6, 6.07) is 7.47. The fourth-order valence-corrected chi connectivity index (χ4v) is 1.61. The second-order valence-electron chi connectivity index (χ2n) is 4.18. The largest absolute Gasteiger partial charge is 0.398 e. The molecule has 2 aromatic rings. The van der Waals surface area contributed by atoms with Gasteiger partial charge in [-0.3, -0.25) is 0 Å². The lowest BCUT2D eigenvalue weighted by atomic mass is 10.2. The number of hydrogen-bond acceptors (Lipinski definition) is 5. The fraction of sp³-hybridized carbons (Fsp3) is 0.385. The van der Waals surface area contributed by atoms with Crippen molar-refractivity contribution in [1.29, 1.82) is 0 Å². The average molecular weight is 247 g/mol. The molecule has 0 bridgehead atoms. The summed E-state index contributed by atoms with van der Waals surface area (Å²) < 4.78 is 10.4. The van der Waals surface area contributed by atoms with Crippen molar-refractivity contribution >= 4 is 5.69 Å². The standard InChI is InChI=1S/C13H17N3O2/c1-9(17-2)7-8-12-15-13(16-18-12)10-5-3-4-6-11(10)14/h3-6,9H,7-8,14H2,1-2H3. The first-order chi connectivity index (χ1) is 8.70. The van der Waals surface area contributed by atoms with E-state index < -0.39 is 0 Å². The van der Waals surface area contributed by atoms with Crippen molar-refractivity contribution in [2.45, 2.75) is 25.9 Å². The Kier molecular flexibility index (Phi) is 3.94. The molecule has 5 nitrogen and oxygen atoms in total. The summed E-state index contributed by atoms with van der Waals surface area (Å²) in [6.45, 7) is 2.01. The summed E-state index contributed by atoms with van der Waals surface area (Å²) in [5, 5.41) is 3.94. The minimum atomic E-state index is 0.183. The molecule has 2 N–H and O–H groups in total. The smallest absolute Gasteiger partial charge is 0.227 e. The minimum absolute atomic E-state index is 0.183. The molecule has 1 aromatic carbocycles. The van der Waals surface area contributed by atoms with Gasteiger partial charge in [-0.1, -0.05) is 17.3 Å². The van der Waals surface area contributed by atoms with Crippen molar-refractivity contribution in [3.63, 3.8) is 0 Å². The van der Waals surface area contributed by atoms with E-state index in [4.69, 9.17) is 15.0 Å². The maximum atomic E-state index is 5.86. The van der Waals surface area contributed by atoms with Crippen LogP contribution >= 0.6 is 0 Å². The summed E-state index contributed by atoms with van der Waals surface area (Å²) in [5.41, 5.74) is 7.31. The molecule has 1 heterocycles. The van der Waals surface area contributed by atoms with Crippen LogP contribution in [0.1, 0.15) is 19.2 Å². The Hall–Kier alpha value is -1.88. The third-order valence-electron chi connectivity index (χ3n) is 2.84. The van der Waals surface area contributed by atoms with Gasteiger partial charge in [0.1, 0.15) is 0 Å². The second kappa shape index (κ2) is 5.64. The first-order valence-corrected chi connectivity index (χ1v) is 5.91. The average Bonchev–Trinajstić information content (AvgIpc) is 2.85. The van der Waals surface area contributed by atoms with Crippen LogP contribution in [-0.4, -0.2) is 23.4 Å². The SMILES string of the molecule is COC(C)CCc1nc(-c2ccccc2N)no1. The number of para-hydroxylation sites is 1. The van der Waals surface area contributed by atoms with Gasteiger partial charge in [-0.15, -0.1) is 0 Å². The Morgan fingerprint density at radius 2 is 2.17 bits per heavy atom. The number of aromatic nitrogens is 2. The highest BCUT2D eigenvalue weighted by Crippen LogP contribution is 2.22. The number of aryl methyl sites for hydroxylation is 1. The molecule has 0 radical (unpaired) electrons. The number of ether oxygens (including phenoxy) is 1. The summed E-state index contributed by atoms with van der Waals surface area (Å²) in [4.78, 5) is 4.33. The molecule has 0 aliphatic carbocycles. The van der Waals surface area contributed by atoms with Gasteiger partial charge in [-0.2, -0.15) is 4.98 Å². The van der Waals surface area contributed by atoms with E-state index in [1.54, 1.807) is 7.11 Å². The van der Waals surface area contributed by atoms with Gasteiger partial charge in [0, 0.05) is 24.8 Å². The monoisotopic (exact) mass is 247 g/mol. The minimum Gasteiger partial charge on any atom is -0.398 e. The molecular formula is C13H17N3O2. The van der Waals surface area contributed by atoms with Crippen LogP contribution < -0.4 is 5.73 Å². The molecule has 2 rings (SSSR count). The van der Waals surface area contributed by atoms with Crippen LogP contribution in [0.2, 0.25) is 0 Å². The van der Waals surface area contributed by atoms with E-state index >= 15 is 0 Å². The molecule has 18 heavy (non-hydrogen) atoms. The Bertz CT molecular complexity index is 510. The lowest BCUT2D eigenvalue weighted by Gasteiger charge is -2.05. The van der Waals surface area contributed by atoms with Crippen LogP contribution in [-0.2, 0) is 11.2 Å². The van der Waals surface area contributed by atoms with Crippen molar-refractivity contribution in [3.8, 4) is 11.4 Å². The molecule has 1 unspecified atom stereocenters. The van der Waals surface area contributed by atoms with E-state index in [2.05, 4.69) is 10.1 Å². The predicted octanol–water partition coefficient (Wildman–Crippen LogP) is 2.29. The van der Waals surface area contributed by atoms with Gasteiger partial charge < -0.3 is 15.0 Å². The Morgan fingerprint density at radius 3 is 2.89 bits per heavy atom. The van der Waals surface area contributed by atoms with Crippen molar-refractivity contribution in [1.82, 2.24) is 10.1 Å². The molecule has 0 saturated carbocycles. The maximum Gasteiger partial charge on any atom is 0.227 e. The van der Waals surface area contributed by atoms with Crippen LogP contribution in [0.4, 0.5) is 5.69 Å². The summed E-state index contributed by atoms with van der Waals surface area (Å²) >= 11 is 0. The first kappa shape index (κ1) is 12.6. The topological polar surface area (TPSA) is 74.2 Å². The van der Waals surface area contributed by atoms with E-state index in [0.29, 0.717) is 23.8 Å². The molecule has 0 fully saturated rings. The molecule has 0 aliphatic rings. The maximum absolute atomic E-state index is 5.86. The van der Waals surface area contributed by atoms with Gasteiger partial charge in [0.2, 0.25) is 11.7 Å². The molecule has 0 aliphatic heterocycles. The molecule has 1 aromatic heterocycles. The number of nitrogens with two attached hydrogens (primary N) is 1. The molecule has 5 heteroatoms. The number of methoxy groups -OCH3 is 1. The van der Waals surface area contributed by atoms with Gasteiger partial charge in [-0.25, -0.2) is 0 Å². The number of benzene rings is 1. The zero-order chi connectivity index (χ0) is 13.0. The van der Waals surface area contributed by atoms with E-state index in [1.165, 1.54) is 0 Å². The van der Waals surface area contributed by atoms with E-state index in [0.717, 1.165) is 12.0 Å². The molecule has 0 saturated heterocycles. The highest BCUT2D eigenvalue weighted by atomic mass is 16.5. The number of hydrogen-bond donors (Lipinski definition) is 1. The highest BCUT2D eigenvalue weighted by Gasteiger charge is 2.11. The highest BCUT2D eigenvalue weighted by molar-refractivity contribution is 5.70. The van der Waals surface area contributed by atoms with Gasteiger partial charge in [0.25, 0.3) is 0 Å². The molecular weight excluding hydrogens is 230 g/mol. The third-order valence-corrected chi connectivity index (χ3v) is 2.84. The Morgan fingerprint density at radius 1 is 1.39 bits per heavy atom. The van der Waals surface area contributed by atoms with Crippen LogP contribution in [0.3, 0.4) is 0 Å². The first-order valence-electron chi connectivity index (χ1n) is 5.91. The predicted molar refractivity (Wildman–Crippen MR) is 68.9 cm³/mol. The van der Waals surface area contributed by atoms with Crippen LogP contribution in [0, 0.1) is 0 Å².